The van der Waals surface area contributed by atoms with Gasteiger partial charge in [0.05, 0.1) is 31.2 Å². The highest BCUT2D eigenvalue weighted by Crippen LogP contribution is 2.37. The smallest absolute Gasteiger partial charge is 0.282 e. The highest BCUT2D eigenvalue weighted by Gasteiger charge is 2.40. The van der Waals surface area contributed by atoms with Gasteiger partial charge in [-0.15, -0.1) is 0 Å². The van der Waals surface area contributed by atoms with Gasteiger partial charge in [-0.25, -0.2) is 4.90 Å². The number of amides is 2. The third-order valence-corrected chi connectivity index (χ3v) is 5.15. The first-order valence-corrected chi connectivity index (χ1v) is 9.84. The van der Waals surface area contributed by atoms with Crippen molar-refractivity contribution in [3.05, 3.63) is 89.1 Å². The monoisotopic (exact) mass is 434 g/mol. The zero-order valence-electron chi connectivity index (χ0n) is 16.9. The minimum atomic E-state index is -0.468. The van der Waals surface area contributed by atoms with E-state index in [-0.39, 0.29) is 11.3 Å². The average Bonchev–Trinajstić information content (AvgIpc) is 3.04. The Hall–Kier alpha value is -3.77. The van der Waals surface area contributed by atoms with Crippen LogP contribution in [0.5, 0.6) is 11.5 Å². The second-order valence-electron chi connectivity index (χ2n) is 6.73. The standard InChI is InChI=1S/C24H19ClN2O4/c1-30-18-12-13-19(20(14-18)31-2)26-22-21(15-6-4-3-5-7-15)23(28)27(24(22)29)17-10-8-16(25)9-11-17/h3-14,26H,1-2H3. The molecule has 0 aromatic heterocycles. The highest BCUT2D eigenvalue weighted by molar-refractivity contribution is 6.46. The van der Waals surface area contributed by atoms with Gasteiger partial charge in [-0.2, -0.15) is 0 Å². The van der Waals surface area contributed by atoms with Gasteiger partial charge in [-0.3, -0.25) is 9.59 Å². The Balaban J connectivity index is 1.81. The molecule has 1 N–H and O–H groups in total. The summed E-state index contributed by atoms with van der Waals surface area (Å²) in [4.78, 5) is 27.9. The summed E-state index contributed by atoms with van der Waals surface area (Å²) >= 11 is 5.97. The number of halogens is 1. The van der Waals surface area contributed by atoms with Crippen molar-refractivity contribution in [1.29, 1.82) is 0 Å². The fourth-order valence-electron chi connectivity index (χ4n) is 3.38. The number of methoxy groups -OCH3 is 2. The Bertz CT molecular complexity index is 1170. The van der Waals surface area contributed by atoms with E-state index in [1.165, 1.54) is 7.11 Å². The third-order valence-electron chi connectivity index (χ3n) is 4.90. The largest absolute Gasteiger partial charge is 0.497 e. The summed E-state index contributed by atoms with van der Waals surface area (Å²) in [5.74, 6) is 0.193. The minimum Gasteiger partial charge on any atom is -0.497 e. The third kappa shape index (κ3) is 3.85. The molecule has 156 valence electrons. The molecule has 3 aromatic rings. The van der Waals surface area contributed by atoms with Crippen molar-refractivity contribution in [2.24, 2.45) is 0 Å². The summed E-state index contributed by atoms with van der Waals surface area (Å²) in [6.45, 7) is 0. The minimum absolute atomic E-state index is 0.162. The molecular weight excluding hydrogens is 416 g/mol. The molecule has 0 atom stereocenters. The van der Waals surface area contributed by atoms with E-state index < -0.39 is 11.8 Å². The molecule has 0 spiro atoms. The first-order valence-electron chi connectivity index (χ1n) is 9.46. The molecule has 6 nitrogen and oxygen atoms in total. The molecule has 0 aliphatic carbocycles. The van der Waals surface area contributed by atoms with Gasteiger partial charge in [0, 0.05) is 11.1 Å². The number of nitrogens with one attached hydrogen (secondary N) is 1. The number of benzene rings is 3. The number of carbonyl (C=O) groups excluding carboxylic acids is 2. The van der Waals surface area contributed by atoms with Crippen LogP contribution in [-0.4, -0.2) is 26.0 Å². The number of ether oxygens (including phenoxy) is 2. The zero-order valence-corrected chi connectivity index (χ0v) is 17.6. The van der Waals surface area contributed by atoms with Gasteiger partial charge < -0.3 is 14.8 Å². The van der Waals surface area contributed by atoms with Crippen LogP contribution < -0.4 is 19.7 Å². The van der Waals surface area contributed by atoms with E-state index in [1.807, 2.05) is 18.2 Å². The molecule has 4 rings (SSSR count). The molecule has 31 heavy (non-hydrogen) atoms. The van der Waals surface area contributed by atoms with Gasteiger partial charge in [0.25, 0.3) is 11.8 Å². The first-order chi connectivity index (χ1) is 15.0. The van der Waals surface area contributed by atoms with Crippen LogP contribution in [-0.2, 0) is 9.59 Å². The molecule has 0 radical (unpaired) electrons. The fraction of sp³-hybridized carbons (Fsp3) is 0.0833. The first kappa shape index (κ1) is 20.5. The van der Waals surface area contributed by atoms with Crippen LogP contribution in [0.15, 0.2) is 78.5 Å². The van der Waals surface area contributed by atoms with Gasteiger partial charge in [-0.05, 0) is 42.0 Å². The average molecular weight is 435 g/mol. The molecule has 7 heteroatoms. The van der Waals surface area contributed by atoms with Crippen LogP contribution >= 0.6 is 11.6 Å². The topological polar surface area (TPSA) is 67.9 Å². The summed E-state index contributed by atoms with van der Waals surface area (Å²) in [5.41, 5.74) is 2.04. The maximum atomic E-state index is 13.4. The predicted octanol–water partition coefficient (Wildman–Crippen LogP) is 4.75. The lowest BCUT2D eigenvalue weighted by molar-refractivity contribution is -0.120. The van der Waals surface area contributed by atoms with Gasteiger partial charge in [0.1, 0.15) is 17.2 Å². The lowest BCUT2D eigenvalue weighted by atomic mass is 10.0. The molecule has 0 bridgehead atoms. The Morgan fingerprint density at radius 1 is 0.839 bits per heavy atom. The van der Waals surface area contributed by atoms with Gasteiger partial charge in [-0.1, -0.05) is 41.9 Å². The number of rotatable bonds is 6. The summed E-state index contributed by atoms with van der Waals surface area (Å²) in [7, 11) is 3.08. The SMILES string of the molecule is COc1ccc(NC2=C(c3ccccc3)C(=O)N(c3ccc(Cl)cc3)C2=O)c(OC)c1. The fourth-order valence-corrected chi connectivity index (χ4v) is 3.51. The van der Waals surface area contributed by atoms with E-state index >= 15 is 0 Å². The van der Waals surface area contributed by atoms with Crippen molar-refractivity contribution in [2.75, 3.05) is 24.4 Å². The van der Waals surface area contributed by atoms with E-state index in [2.05, 4.69) is 5.32 Å². The van der Waals surface area contributed by atoms with Gasteiger partial charge in [0.2, 0.25) is 0 Å². The molecule has 1 heterocycles. The van der Waals surface area contributed by atoms with E-state index in [0.29, 0.717) is 33.5 Å². The summed E-state index contributed by atoms with van der Waals surface area (Å²) in [6, 6.07) is 20.8. The number of hydrogen-bond donors (Lipinski definition) is 1. The summed E-state index contributed by atoms with van der Waals surface area (Å²) in [6.07, 6.45) is 0. The van der Waals surface area contributed by atoms with Gasteiger partial charge in [0.15, 0.2) is 0 Å². The second-order valence-corrected chi connectivity index (χ2v) is 7.17. The molecule has 0 unspecified atom stereocenters. The molecule has 0 saturated carbocycles. The van der Waals surface area contributed by atoms with Crippen LogP contribution in [0.4, 0.5) is 11.4 Å². The molecule has 0 fully saturated rings. The van der Waals surface area contributed by atoms with Crippen LogP contribution in [0.3, 0.4) is 0 Å². The van der Waals surface area contributed by atoms with Crippen molar-refractivity contribution in [3.63, 3.8) is 0 Å². The molecule has 2 amide bonds. The van der Waals surface area contributed by atoms with Crippen molar-refractivity contribution in [1.82, 2.24) is 0 Å². The lowest BCUT2D eigenvalue weighted by Crippen LogP contribution is -2.32. The highest BCUT2D eigenvalue weighted by atomic mass is 35.5. The number of nitrogens with zero attached hydrogens (tertiary/aromatic N) is 1. The lowest BCUT2D eigenvalue weighted by Gasteiger charge is -2.16. The van der Waals surface area contributed by atoms with Crippen molar-refractivity contribution >= 4 is 40.4 Å². The van der Waals surface area contributed by atoms with E-state index in [4.69, 9.17) is 21.1 Å². The maximum Gasteiger partial charge on any atom is 0.282 e. The van der Waals surface area contributed by atoms with Crippen molar-refractivity contribution in [2.45, 2.75) is 0 Å². The van der Waals surface area contributed by atoms with Crippen LogP contribution in [0, 0.1) is 0 Å². The van der Waals surface area contributed by atoms with E-state index in [0.717, 1.165) is 4.90 Å². The molecule has 3 aromatic carbocycles. The Kier molecular flexibility index (Phi) is 5.64. The quantitative estimate of drug-likeness (QED) is 0.567. The van der Waals surface area contributed by atoms with Crippen molar-refractivity contribution < 1.29 is 19.1 Å². The molecule has 1 aliphatic rings. The number of anilines is 2. The second kappa shape index (κ2) is 8.53. The Morgan fingerprint density at radius 3 is 2.19 bits per heavy atom. The predicted molar refractivity (Wildman–Crippen MR) is 120 cm³/mol. The van der Waals surface area contributed by atoms with Crippen LogP contribution in [0.1, 0.15) is 5.56 Å². The Morgan fingerprint density at radius 2 is 1.55 bits per heavy atom. The van der Waals surface area contributed by atoms with E-state index in [9.17, 15) is 9.59 Å². The number of imide groups is 1. The Labute approximate surface area is 184 Å². The van der Waals surface area contributed by atoms with Crippen LogP contribution in [0.2, 0.25) is 5.02 Å². The summed E-state index contributed by atoms with van der Waals surface area (Å²) in [5, 5.41) is 3.63. The normalized spacial score (nSPS) is 13.6. The summed E-state index contributed by atoms with van der Waals surface area (Å²) < 4.78 is 10.7. The van der Waals surface area contributed by atoms with Crippen LogP contribution in [0.25, 0.3) is 5.57 Å². The number of carbonyl (C=O) groups is 2. The van der Waals surface area contributed by atoms with E-state index in [1.54, 1.807) is 61.7 Å². The molecular formula is C24H19ClN2O4. The zero-order chi connectivity index (χ0) is 22.0. The maximum absolute atomic E-state index is 13.4. The number of hydrogen-bond acceptors (Lipinski definition) is 5. The van der Waals surface area contributed by atoms with Crippen molar-refractivity contribution in [3.8, 4) is 11.5 Å². The molecule has 0 saturated heterocycles. The van der Waals surface area contributed by atoms with Gasteiger partial charge >= 0.3 is 0 Å². The molecule has 1 aliphatic heterocycles.